The van der Waals surface area contributed by atoms with Gasteiger partial charge in [-0.15, -0.1) is 0 Å². The lowest BCUT2D eigenvalue weighted by Crippen LogP contribution is -2.44. The Morgan fingerprint density at radius 1 is 1.12 bits per heavy atom. The number of nitrogens with zero attached hydrogens (tertiary/aromatic N) is 3. The summed E-state index contributed by atoms with van der Waals surface area (Å²) in [6, 6.07) is 13.2. The summed E-state index contributed by atoms with van der Waals surface area (Å²) in [6.45, 7) is 5.95. The minimum atomic E-state index is 0.149. The van der Waals surface area contributed by atoms with E-state index in [1.807, 2.05) is 37.3 Å². The molecule has 1 heterocycles. The molecule has 1 N–H and O–H groups in total. The van der Waals surface area contributed by atoms with E-state index in [1.54, 1.807) is 18.3 Å². The molecule has 1 fully saturated rings. The normalized spacial score (nSPS) is 15.0. The molecule has 0 amide bonds. The van der Waals surface area contributed by atoms with E-state index in [0.29, 0.717) is 12.4 Å². The first-order chi connectivity index (χ1) is 12.2. The van der Waals surface area contributed by atoms with Crippen LogP contribution in [0, 0.1) is 0 Å². The number of hydrogen-bond donors (Lipinski definition) is 1. The van der Waals surface area contributed by atoms with E-state index in [0.717, 1.165) is 36.8 Å². The van der Waals surface area contributed by atoms with Crippen molar-refractivity contribution in [3.63, 3.8) is 0 Å². The maximum Gasteiger partial charge on any atom is 0.161 e. The number of benzene rings is 2. The third kappa shape index (κ3) is 4.57. The molecule has 0 unspecified atom stereocenters. The molecular formula is C19H22ClN3O2. The second kappa shape index (κ2) is 8.12. The van der Waals surface area contributed by atoms with Crippen molar-refractivity contribution in [2.24, 2.45) is 5.10 Å². The van der Waals surface area contributed by atoms with Crippen molar-refractivity contribution in [1.29, 1.82) is 0 Å². The molecule has 0 saturated carbocycles. The van der Waals surface area contributed by atoms with Crippen LogP contribution in [0.4, 0.5) is 5.69 Å². The number of hydrazone groups is 1. The quantitative estimate of drug-likeness (QED) is 0.829. The van der Waals surface area contributed by atoms with Gasteiger partial charge in [-0.25, -0.2) is 0 Å². The summed E-state index contributed by atoms with van der Waals surface area (Å²) in [6.07, 6.45) is 1.81. The van der Waals surface area contributed by atoms with Crippen LogP contribution < -0.4 is 9.64 Å². The molecule has 0 bridgehead atoms. The Kier molecular flexibility index (Phi) is 5.66. The number of anilines is 1. The first-order valence-electron chi connectivity index (χ1n) is 8.41. The van der Waals surface area contributed by atoms with Gasteiger partial charge >= 0.3 is 0 Å². The van der Waals surface area contributed by atoms with Gasteiger partial charge in [-0.3, -0.25) is 5.01 Å². The number of hydrogen-bond acceptors (Lipinski definition) is 5. The summed E-state index contributed by atoms with van der Waals surface area (Å²) in [5, 5.41) is 17.1. The maximum atomic E-state index is 9.74. The molecule has 0 aliphatic carbocycles. The second-order valence-electron chi connectivity index (χ2n) is 5.82. The van der Waals surface area contributed by atoms with Gasteiger partial charge in [-0.05, 0) is 55.0 Å². The van der Waals surface area contributed by atoms with Crippen LogP contribution in [0.2, 0.25) is 5.02 Å². The molecule has 1 aliphatic rings. The number of halogens is 1. The van der Waals surface area contributed by atoms with Crippen LogP contribution in [-0.2, 0) is 0 Å². The average molecular weight is 360 g/mol. The number of piperazine rings is 1. The van der Waals surface area contributed by atoms with Crippen LogP contribution in [0.15, 0.2) is 47.6 Å². The number of ether oxygens (including phenoxy) is 1. The third-order valence-corrected chi connectivity index (χ3v) is 4.35. The topological polar surface area (TPSA) is 48.3 Å². The van der Waals surface area contributed by atoms with Crippen molar-refractivity contribution in [1.82, 2.24) is 5.01 Å². The molecule has 1 aliphatic heterocycles. The Morgan fingerprint density at radius 2 is 1.84 bits per heavy atom. The van der Waals surface area contributed by atoms with Gasteiger partial charge in [0.25, 0.3) is 0 Å². The van der Waals surface area contributed by atoms with Crippen molar-refractivity contribution in [3.8, 4) is 11.5 Å². The predicted molar refractivity (Wildman–Crippen MR) is 102 cm³/mol. The Labute approximate surface area is 153 Å². The van der Waals surface area contributed by atoms with Gasteiger partial charge in [0.1, 0.15) is 0 Å². The van der Waals surface area contributed by atoms with Crippen LogP contribution in [0.25, 0.3) is 0 Å². The fraction of sp³-hybridized carbons (Fsp3) is 0.316. The highest BCUT2D eigenvalue weighted by molar-refractivity contribution is 6.30. The van der Waals surface area contributed by atoms with Crippen molar-refractivity contribution < 1.29 is 9.84 Å². The van der Waals surface area contributed by atoms with E-state index in [1.165, 1.54) is 5.69 Å². The standard InChI is InChI=1S/C19H22ClN3O2/c1-2-25-19-13-15(3-8-18(19)24)14-21-23-11-9-22(10-12-23)17-6-4-16(20)5-7-17/h3-8,13-14,24H,2,9-12H2,1H3/b21-14+. The first kappa shape index (κ1) is 17.4. The summed E-state index contributed by atoms with van der Waals surface area (Å²) >= 11 is 5.94. The van der Waals surface area contributed by atoms with Crippen molar-refractivity contribution in [3.05, 3.63) is 53.1 Å². The molecule has 1 saturated heterocycles. The predicted octanol–water partition coefficient (Wildman–Crippen LogP) is 3.60. The van der Waals surface area contributed by atoms with Crippen LogP contribution >= 0.6 is 11.6 Å². The highest BCUT2D eigenvalue weighted by atomic mass is 35.5. The number of rotatable bonds is 5. The SMILES string of the molecule is CCOc1cc(/C=N/N2CCN(c3ccc(Cl)cc3)CC2)ccc1O. The zero-order chi connectivity index (χ0) is 17.6. The van der Waals surface area contributed by atoms with Gasteiger partial charge in [0.15, 0.2) is 11.5 Å². The van der Waals surface area contributed by atoms with Crippen LogP contribution in [-0.4, -0.2) is 49.1 Å². The fourth-order valence-electron chi connectivity index (χ4n) is 2.75. The lowest BCUT2D eigenvalue weighted by atomic mass is 10.2. The Balaban J connectivity index is 1.57. The molecule has 2 aromatic carbocycles. The van der Waals surface area contributed by atoms with Crippen LogP contribution in [0.5, 0.6) is 11.5 Å². The van der Waals surface area contributed by atoms with Gasteiger partial charge < -0.3 is 14.7 Å². The summed E-state index contributed by atoms with van der Waals surface area (Å²) in [5.41, 5.74) is 2.09. The summed E-state index contributed by atoms with van der Waals surface area (Å²) in [7, 11) is 0. The minimum Gasteiger partial charge on any atom is -0.504 e. The second-order valence-corrected chi connectivity index (χ2v) is 6.26. The number of phenols is 1. The molecule has 6 heteroatoms. The van der Waals surface area contributed by atoms with E-state index in [4.69, 9.17) is 16.3 Å². The molecule has 132 valence electrons. The first-order valence-corrected chi connectivity index (χ1v) is 8.79. The van der Waals surface area contributed by atoms with Gasteiger partial charge in [-0.2, -0.15) is 5.10 Å². The van der Waals surface area contributed by atoms with Gasteiger partial charge in [0.2, 0.25) is 0 Å². The molecule has 0 radical (unpaired) electrons. The third-order valence-electron chi connectivity index (χ3n) is 4.10. The minimum absolute atomic E-state index is 0.149. The van der Waals surface area contributed by atoms with Gasteiger partial charge in [-0.1, -0.05) is 11.6 Å². The van der Waals surface area contributed by atoms with Gasteiger partial charge in [0.05, 0.1) is 25.9 Å². The van der Waals surface area contributed by atoms with Crippen molar-refractivity contribution in [2.45, 2.75) is 6.92 Å². The molecule has 0 spiro atoms. The molecule has 5 nitrogen and oxygen atoms in total. The summed E-state index contributed by atoms with van der Waals surface area (Å²) in [4.78, 5) is 2.33. The number of aromatic hydroxyl groups is 1. The molecule has 25 heavy (non-hydrogen) atoms. The lowest BCUT2D eigenvalue weighted by molar-refractivity contribution is 0.272. The van der Waals surface area contributed by atoms with Crippen LogP contribution in [0.3, 0.4) is 0 Å². The molecule has 0 atom stereocenters. The van der Waals surface area contributed by atoms with Crippen molar-refractivity contribution >= 4 is 23.5 Å². The molecule has 2 aromatic rings. The maximum absolute atomic E-state index is 9.74. The zero-order valence-corrected chi connectivity index (χ0v) is 15.0. The van der Waals surface area contributed by atoms with E-state index in [2.05, 4.69) is 15.0 Å². The largest absolute Gasteiger partial charge is 0.504 e. The van der Waals surface area contributed by atoms with Gasteiger partial charge in [0, 0.05) is 23.8 Å². The molecular weight excluding hydrogens is 338 g/mol. The number of phenolic OH excluding ortho intramolecular Hbond substituents is 1. The van der Waals surface area contributed by atoms with E-state index in [9.17, 15) is 5.11 Å². The monoisotopic (exact) mass is 359 g/mol. The zero-order valence-electron chi connectivity index (χ0n) is 14.2. The Hall–Kier alpha value is -2.40. The smallest absolute Gasteiger partial charge is 0.161 e. The summed E-state index contributed by atoms with van der Waals surface area (Å²) in [5.74, 6) is 0.634. The lowest BCUT2D eigenvalue weighted by Gasteiger charge is -2.34. The molecule has 0 aromatic heterocycles. The molecule has 3 rings (SSSR count). The van der Waals surface area contributed by atoms with Crippen LogP contribution in [0.1, 0.15) is 12.5 Å². The highest BCUT2D eigenvalue weighted by Gasteiger charge is 2.15. The van der Waals surface area contributed by atoms with E-state index < -0.39 is 0 Å². The Bertz CT molecular complexity index is 726. The van der Waals surface area contributed by atoms with E-state index >= 15 is 0 Å². The van der Waals surface area contributed by atoms with Crippen molar-refractivity contribution in [2.75, 3.05) is 37.7 Å². The fourth-order valence-corrected chi connectivity index (χ4v) is 2.88. The average Bonchev–Trinajstić information content (AvgIpc) is 2.64. The highest BCUT2D eigenvalue weighted by Crippen LogP contribution is 2.26. The Morgan fingerprint density at radius 3 is 2.52 bits per heavy atom. The summed E-state index contributed by atoms with van der Waals surface area (Å²) < 4.78 is 5.40. The van der Waals surface area contributed by atoms with E-state index in [-0.39, 0.29) is 5.75 Å².